The summed E-state index contributed by atoms with van der Waals surface area (Å²) in [7, 11) is 0. The zero-order chi connectivity index (χ0) is 11.1. The van der Waals surface area contributed by atoms with Crippen LogP contribution < -0.4 is 5.32 Å². The van der Waals surface area contributed by atoms with Crippen molar-refractivity contribution in [2.75, 3.05) is 19.8 Å². The Balaban J connectivity index is 2.10. The van der Waals surface area contributed by atoms with Crippen LogP contribution in [0.4, 0.5) is 0 Å². The van der Waals surface area contributed by atoms with E-state index in [-0.39, 0.29) is 18.6 Å². The summed E-state index contributed by atoms with van der Waals surface area (Å²) in [5, 5.41) is 2.50. The standard InChI is InChI=1S/C10H17NO4/c1-2-14-10(13)7-11-9(12)6-8-4-3-5-15-8/h8H,2-7H2,1H3,(H,11,12). The largest absolute Gasteiger partial charge is 0.465 e. The molecule has 0 spiro atoms. The fourth-order valence-electron chi connectivity index (χ4n) is 1.47. The molecule has 86 valence electrons. The normalized spacial score (nSPS) is 19.9. The molecule has 0 aromatic carbocycles. The lowest BCUT2D eigenvalue weighted by Gasteiger charge is -2.09. The van der Waals surface area contributed by atoms with Crippen LogP contribution >= 0.6 is 0 Å². The molecule has 0 aromatic rings. The fraction of sp³-hybridized carbons (Fsp3) is 0.800. The molecule has 1 rings (SSSR count). The smallest absolute Gasteiger partial charge is 0.325 e. The monoisotopic (exact) mass is 215 g/mol. The van der Waals surface area contributed by atoms with Crippen molar-refractivity contribution in [2.45, 2.75) is 32.3 Å². The van der Waals surface area contributed by atoms with Crippen LogP contribution in [0.15, 0.2) is 0 Å². The number of carbonyl (C=O) groups is 2. The zero-order valence-corrected chi connectivity index (χ0v) is 8.95. The summed E-state index contributed by atoms with van der Waals surface area (Å²) in [4.78, 5) is 22.2. The van der Waals surface area contributed by atoms with Gasteiger partial charge in [0.1, 0.15) is 6.54 Å². The highest BCUT2D eigenvalue weighted by Gasteiger charge is 2.19. The average Bonchev–Trinajstić information content (AvgIpc) is 2.68. The van der Waals surface area contributed by atoms with Gasteiger partial charge in [0.2, 0.25) is 5.91 Å². The number of nitrogens with one attached hydrogen (secondary N) is 1. The molecule has 0 aromatic heterocycles. The quantitative estimate of drug-likeness (QED) is 0.667. The highest BCUT2D eigenvalue weighted by atomic mass is 16.5. The van der Waals surface area contributed by atoms with Crippen molar-refractivity contribution in [1.29, 1.82) is 0 Å². The van der Waals surface area contributed by atoms with Crippen molar-refractivity contribution in [3.05, 3.63) is 0 Å². The van der Waals surface area contributed by atoms with E-state index in [0.717, 1.165) is 19.4 Å². The Morgan fingerprint density at radius 3 is 2.93 bits per heavy atom. The van der Waals surface area contributed by atoms with Crippen molar-refractivity contribution in [3.63, 3.8) is 0 Å². The predicted octanol–water partition coefficient (Wildman–Crippen LogP) is 0.235. The lowest BCUT2D eigenvalue weighted by atomic mass is 10.2. The molecular weight excluding hydrogens is 198 g/mol. The maximum atomic E-state index is 11.3. The van der Waals surface area contributed by atoms with Crippen LogP contribution in [0.1, 0.15) is 26.2 Å². The first-order chi connectivity index (χ1) is 7.22. The van der Waals surface area contributed by atoms with E-state index in [0.29, 0.717) is 13.0 Å². The van der Waals surface area contributed by atoms with E-state index in [4.69, 9.17) is 4.74 Å². The van der Waals surface area contributed by atoms with E-state index in [1.54, 1.807) is 6.92 Å². The third-order valence-corrected chi connectivity index (χ3v) is 2.17. The predicted molar refractivity (Wildman–Crippen MR) is 53.2 cm³/mol. The first-order valence-electron chi connectivity index (χ1n) is 5.26. The third-order valence-electron chi connectivity index (χ3n) is 2.17. The van der Waals surface area contributed by atoms with Gasteiger partial charge in [-0.2, -0.15) is 0 Å². The average molecular weight is 215 g/mol. The molecule has 0 radical (unpaired) electrons. The van der Waals surface area contributed by atoms with Crippen molar-refractivity contribution < 1.29 is 19.1 Å². The van der Waals surface area contributed by atoms with Crippen molar-refractivity contribution in [3.8, 4) is 0 Å². The highest BCUT2D eigenvalue weighted by Crippen LogP contribution is 2.14. The van der Waals surface area contributed by atoms with Gasteiger partial charge in [0.25, 0.3) is 0 Å². The number of hydrogen-bond donors (Lipinski definition) is 1. The molecule has 5 heteroatoms. The first kappa shape index (κ1) is 12.0. The summed E-state index contributed by atoms with van der Waals surface area (Å²) in [5.74, 6) is -0.562. The van der Waals surface area contributed by atoms with E-state index in [1.165, 1.54) is 0 Å². The van der Waals surface area contributed by atoms with Crippen molar-refractivity contribution >= 4 is 11.9 Å². The van der Waals surface area contributed by atoms with E-state index in [2.05, 4.69) is 10.1 Å². The molecule has 1 unspecified atom stereocenters. The van der Waals surface area contributed by atoms with Gasteiger partial charge in [-0.25, -0.2) is 0 Å². The lowest BCUT2D eigenvalue weighted by Crippen LogP contribution is -2.32. The third kappa shape index (κ3) is 4.78. The second-order valence-electron chi connectivity index (χ2n) is 3.42. The molecule has 1 fully saturated rings. The van der Waals surface area contributed by atoms with Gasteiger partial charge in [-0.15, -0.1) is 0 Å². The minimum absolute atomic E-state index is 0.0206. The maximum absolute atomic E-state index is 11.3. The Kier molecular flexibility index (Phi) is 5.10. The molecule has 0 saturated carbocycles. The van der Waals surface area contributed by atoms with Crippen LogP contribution in [-0.4, -0.2) is 37.7 Å². The van der Waals surface area contributed by atoms with Crippen LogP contribution in [-0.2, 0) is 19.1 Å². The fourth-order valence-corrected chi connectivity index (χ4v) is 1.47. The van der Waals surface area contributed by atoms with Gasteiger partial charge in [-0.3, -0.25) is 9.59 Å². The number of esters is 1. The molecule has 1 aliphatic heterocycles. The van der Waals surface area contributed by atoms with Crippen molar-refractivity contribution in [2.24, 2.45) is 0 Å². The number of hydrogen-bond acceptors (Lipinski definition) is 4. The Morgan fingerprint density at radius 2 is 2.33 bits per heavy atom. The van der Waals surface area contributed by atoms with Crippen LogP contribution in [0.25, 0.3) is 0 Å². The Bertz CT molecular complexity index is 223. The molecule has 1 saturated heterocycles. The SMILES string of the molecule is CCOC(=O)CNC(=O)CC1CCCO1. The molecule has 15 heavy (non-hydrogen) atoms. The highest BCUT2D eigenvalue weighted by molar-refractivity contribution is 5.82. The molecule has 1 N–H and O–H groups in total. The van der Waals surface area contributed by atoms with E-state index < -0.39 is 5.97 Å². The molecule has 5 nitrogen and oxygen atoms in total. The second-order valence-corrected chi connectivity index (χ2v) is 3.42. The van der Waals surface area contributed by atoms with Gasteiger partial charge in [-0.1, -0.05) is 0 Å². The van der Waals surface area contributed by atoms with E-state index in [9.17, 15) is 9.59 Å². The summed E-state index contributed by atoms with van der Waals surface area (Å²) >= 11 is 0. The summed E-state index contributed by atoms with van der Waals surface area (Å²) in [6.07, 6.45) is 2.29. The zero-order valence-electron chi connectivity index (χ0n) is 8.95. The number of amides is 1. The Hall–Kier alpha value is -1.10. The molecule has 1 aliphatic rings. The minimum Gasteiger partial charge on any atom is -0.465 e. The summed E-state index contributed by atoms with van der Waals surface area (Å²) in [6.45, 7) is 2.74. The van der Waals surface area contributed by atoms with Gasteiger partial charge < -0.3 is 14.8 Å². The molecular formula is C10H17NO4. The molecule has 1 heterocycles. The number of ether oxygens (including phenoxy) is 2. The van der Waals surface area contributed by atoms with Crippen LogP contribution in [0, 0.1) is 0 Å². The molecule has 0 bridgehead atoms. The van der Waals surface area contributed by atoms with E-state index >= 15 is 0 Å². The van der Waals surface area contributed by atoms with E-state index in [1.807, 2.05) is 0 Å². The Labute approximate surface area is 89.1 Å². The number of carbonyl (C=O) groups excluding carboxylic acids is 2. The number of rotatable bonds is 5. The molecule has 0 aliphatic carbocycles. The summed E-state index contributed by atoms with van der Waals surface area (Å²) in [5.41, 5.74) is 0. The van der Waals surface area contributed by atoms with Crippen LogP contribution in [0.2, 0.25) is 0 Å². The topological polar surface area (TPSA) is 64.6 Å². The minimum atomic E-state index is -0.404. The van der Waals surface area contributed by atoms with Crippen molar-refractivity contribution in [1.82, 2.24) is 5.32 Å². The summed E-state index contributed by atoms with van der Waals surface area (Å²) in [6, 6.07) is 0. The summed E-state index contributed by atoms with van der Waals surface area (Å²) < 4.78 is 9.98. The van der Waals surface area contributed by atoms with Gasteiger partial charge in [0.15, 0.2) is 0 Å². The van der Waals surface area contributed by atoms with Gasteiger partial charge in [0, 0.05) is 6.61 Å². The second kappa shape index (κ2) is 6.40. The lowest BCUT2D eigenvalue weighted by molar-refractivity contribution is -0.143. The van der Waals surface area contributed by atoms with Gasteiger partial charge >= 0.3 is 5.97 Å². The maximum Gasteiger partial charge on any atom is 0.325 e. The Morgan fingerprint density at radius 1 is 1.53 bits per heavy atom. The molecule has 1 atom stereocenters. The van der Waals surface area contributed by atoms with Gasteiger partial charge in [0.05, 0.1) is 19.1 Å². The van der Waals surface area contributed by atoms with Crippen LogP contribution in [0.5, 0.6) is 0 Å². The van der Waals surface area contributed by atoms with Crippen LogP contribution in [0.3, 0.4) is 0 Å². The molecule has 1 amide bonds. The first-order valence-corrected chi connectivity index (χ1v) is 5.26. The van der Waals surface area contributed by atoms with Gasteiger partial charge in [-0.05, 0) is 19.8 Å².